The third kappa shape index (κ3) is 3.98. The van der Waals surface area contributed by atoms with Crippen LogP contribution < -0.4 is 9.64 Å². The van der Waals surface area contributed by atoms with Crippen molar-refractivity contribution < 1.29 is 37.0 Å². The Balaban J connectivity index is 1.68. The molecule has 1 amide bonds. The zero-order valence-corrected chi connectivity index (χ0v) is 13.1. The molecule has 0 saturated carbocycles. The minimum absolute atomic E-state index is 0.0603. The van der Waals surface area contributed by atoms with Crippen LogP contribution in [0, 0.1) is 0 Å². The zero-order chi connectivity index (χ0) is 18.0. The van der Waals surface area contributed by atoms with Crippen molar-refractivity contribution in [1.82, 2.24) is 0 Å². The van der Waals surface area contributed by atoms with Gasteiger partial charge in [-0.2, -0.15) is 13.2 Å². The van der Waals surface area contributed by atoms with Gasteiger partial charge < -0.3 is 19.0 Å². The number of rotatable bonds is 6. The summed E-state index contributed by atoms with van der Waals surface area (Å²) in [5, 5.41) is 9.72. The summed E-state index contributed by atoms with van der Waals surface area (Å²) >= 11 is 0. The van der Waals surface area contributed by atoms with Gasteiger partial charge in [0.2, 0.25) is 0 Å². The number of benzene rings is 1. The standard InChI is InChI=1S/C16H16F3NO5/c17-16(18,19)4-1-5-23-10-2-3-12-13(9-24-14(12)6-10)20-7-11(8-21)25-15(20)22/h2-3,6,9,11,21H,1,4-5,7-8H2/t11-/m1/s1. The van der Waals surface area contributed by atoms with E-state index in [1.165, 1.54) is 11.2 Å². The number of hydrogen-bond acceptors (Lipinski definition) is 5. The molecular formula is C16H16F3NO5. The molecule has 0 radical (unpaired) electrons. The maximum atomic E-state index is 12.1. The summed E-state index contributed by atoms with van der Waals surface area (Å²) in [6.45, 7) is -0.122. The first-order valence-electron chi connectivity index (χ1n) is 7.67. The van der Waals surface area contributed by atoms with Gasteiger partial charge in [0, 0.05) is 17.9 Å². The molecule has 2 aromatic rings. The summed E-state index contributed by atoms with van der Waals surface area (Å²) in [6.07, 6.45) is -5.00. The van der Waals surface area contributed by atoms with E-state index in [4.69, 9.17) is 19.0 Å². The molecule has 1 aromatic carbocycles. The number of anilines is 1. The van der Waals surface area contributed by atoms with Crippen LogP contribution >= 0.6 is 0 Å². The van der Waals surface area contributed by atoms with Crippen molar-refractivity contribution in [3.05, 3.63) is 24.5 Å². The summed E-state index contributed by atoms with van der Waals surface area (Å²) in [5.41, 5.74) is 0.933. The molecule has 1 saturated heterocycles. The van der Waals surface area contributed by atoms with Crippen LogP contribution in [-0.4, -0.2) is 43.2 Å². The molecule has 25 heavy (non-hydrogen) atoms. The minimum atomic E-state index is -4.19. The van der Waals surface area contributed by atoms with E-state index in [0.717, 1.165) is 0 Å². The molecular weight excluding hydrogens is 343 g/mol. The van der Waals surface area contributed by atoms with Gasteiger partial charge in [0.25, 0.3) is 0 Å². The van der Waals surface area contributed by atoms with Crippen LogP contribution in [0.25, 0.3) is 11.0 Å². The van der Waals surface area contributed by atoms with Crippen LogP contribution in [0.2, 0.25) is 0 Å². The molecule has 0 unspecified atom stereocenters. The summed E-state index contributed by atoms with van der Waals surface area (Å²) < 4.78 is 52.0. The third-order valence-electron chi connectivity index (χ3n) is 3.77. The molecule has 1 aliphatic rings. The molecule has 2 heterocycles. The second-order valence-corrected chi connectivity index (χ2v) is 5.65. The fourth-order valence-electron chi connectivity index (χ4n) is 2.57. The van der Waals surface area contributed by atoms with E-state index < -0.39 is 24.8 Å². The van der Waals surface area contributed by atoms with Gasteiger partial charge in [0.15, 0.2) is 0 Å². The zero-order valence-electron chi connectivity index (χ0n) is 13.1. The Morgan fingerprint density at radius 1 is 1.36 bits per heavy atom. The fourth-order valence-corrected chi connectivity index (χ4v) is 2.57. The quantitative estimate of drug-likeness (QED) is 0.800. The molecule has 1 atom stereocenters. The number of aliphatic hydroxyl groups is 1. The highest BCUT2D eigenvalue weighted by molar-refractivity contribution is 6.01. The molecule has 0 bridgehead atoms. The number of halogens is 3. The SMILES string of the molecule is O=C1O[C@@H](CO)CN1c1coc2cc(OCCCC(F)(F)F)ccc12. The third-order valence-corrected chi connectivity index (χ3v) is 3.77. The Kier molecular flexibility index (Phi) is 4.76. The predicted molar refractivity (Wildman–Crippen MR) is 81.7 cm³/mol. The Bertz CT molecular complexity index is 758. The van der Waals surface area contributed by atoms with Gasteiger partial charge in [-0.05, 0) is 18.6 Å². The van der Waals surface area contributed by atoms with Gasteiger partial charge in [-0.15, -0.1) is 0 Å². The number of carbonyl (C=O) groups is 1. The molecule has 6 nitrogen and oxygen atoms in total. The van der Waals surface area contributed by atoms with E-state index in [0.29, 0.717) is 22.4 Å². The highest BCUT2D eigenvalue weighted by Gasteiger charge is 2.33. The Morgan fingerprint density at radius 2 is 2.16 bits per heavy atom. The van der Waals surface area contributed by atoms with Crippen molar-refractivity contribution >= 4 is 22.7 Å². The Morgan fingerprint density at radius 3 is 2.84 bits per heavy atom. The molecule has 1 fully saturated rings. The highest BCUT2D eigenvalue weighted by Crippen LogP contribution is 2.34. The molecule has 9 heteroatoms. The first-order valence-corrected chi connectivity index (χ1v) is 7.67. The number of hydrogen-bond donors (Lipinski definition) is 1. The Hall–Kier alpha value is -2.42. The lowest BCUT2D eigenvalue weighted by Crippen LogP contribution is -2.25. The van der Waals surface area contributed by atoms with Crippen LogP contribution in [0.1, 0.15) is 12.8 Å². The minimum Gasteiger partial charge on any atom is -0.493 e. The highest BCUT2D eigenvalue weighted by atomic mass is 19.4. The smallest absolute Gasteiger partial charge is 0.414 e. The summed E-state index contributed by atoms with van der Waals surface area (Å²) in [5.74, 6) is 0.382. The number of cyclic esters (lactones) is 1. The number of amides is 1. The number of furan rings is 1. The van der Waals surface area contributed by atoms with Crippen LogP contribution in [0.3, 0.4) is 0 Å². The summed E-state index contributed by atoms with van der Waals surface area (Å²) in [4.78, 5) is 13.2. The molecule has 1 N–H and O–H groups in total. The first kappa shape index (κ1) is 17.4. The number of aliphatic hydroxyl groups excluding tert-OH is 1. The van der Waals surface area contributed by atoms with Crippen LogP contribution in [0.4, 0.5) is 23.7 Å². The largest absolute Gasteiger partial charge is 0.493 e. The normalized spacial score (nSPS) is 18.0. The molecule has 0 aliphatic carbocycles. The van der Waals surface area contributed by atoms with Gasteiger partial charge in [0.1, 0.15) is 23.7 Å². The number of alkyl halides is 3. The van der Waals surface area contributed by atoms with Gasteiger partial charge in [0.05, 0.1) is 25.4 Å². The number of fused-ring (bicyclic) bond motifs is 1. The van der Waals surface area contributed by atoms with Crippen LogP contribution in [0.5, 0.6) is 5.75 Å². The monoisotopic (exact) mass is 359 g/mol. The summed E-state index contributed by atoms with van der Waals surface area (Å²) in [6, 6.07) is 4.81. The van der Waals surface area contributed by atoms with Crippen LogP contribution in [0.15, 0.2) is 28.9 Å². The summed E-state index contributed by atoms with van der Waals surface area (Å²) in [7, 11) is 0. The average Bonchev–Trinajstić information content (AvgIpc) is 3.13. The lowest BCUT2D eigenvalue weighted by molar-refractivity contribution is -0.136. The Labute approximate surface area is 140 Å². The predicted octanol–water partition coefficient (Wildman–Crippen LogP) is 3.47. The van der Waals surface area contributed by atoms with E-state index >= 15 is 0 Å². The second kappa shape index (κ2) is 6.83. The molecule has 1 aromatic heterocycles. The number of ether oxygens (including phenoxy) is 2. The van der Waals surface area contributed by atoms with Crippen LogP contribution in [-0.2, 0) is 4.74 Å². The van der Waals surface area contributed by atoms with E-state index in [2.05, 4.69) is 0 Å². The van der Waals surface area contributed by atoms with Crippen molar-refractivity contribution in [2.45, 2.75) is 25.1 Å². The van der Waals surface area contributed by atoms with Crippen molar-refractivity contribution in [1.29, 1.82) is 0 Å². The van der Waals surface area contributed by atoms with Gasteiger partial charge in [-0.25, -0.2) is 4.79 Å². The topological polar surface area (TPSA) is 72.1 Å². The van der Waals surface area contributed by atoms with Crippen molar-refractivity contribution in [2.75, 3.05) is 24.7 Å². The van der Waals surface area contributed by atoms with Gasteiger partial charge in [-0.1, -0.05) is 0 Å². The molecule has 136 valence electrons. The molecule has 0 spiro atoms. The first-order chi connectivity index (χ1) is 11.9. The van der Waals surface area contributed by atoms with E-state index in [1.807, 2.05) is 0 Å². The second-order valence-electron chi connectivity index (χ2n) is 5.65. The maximum Gasteiger partial charge on any atom is 0.414 e. The lowest BCUT2D eigenvalue weighted by Gasteiger charge is -2.11. The number of nitrogens with zero attached hydrogens (tertiary/aromatic N) is 1. The average molecular weight is 359 g/mol. The number of carbonyl (C=O) groups excluding carboxylic acids is 1. The van der Waals surface area contributed by atoms with E-state index in [9.17, 15) is 18.0 Å². The lowest BCUT2D eigenvalue weighted by atomic mass is 10.2. The molecule has 3 rings (SSSR count). The van der Waals surface area contributed by atoms with Crippen molar-refractivity contribution in [2.24, 2.45) is 0 Å². The van der Waals surface area contributed by atoms with Gasteiger partial charge in [-0.3, -0.25) is 4.90 Å². The van der Waals surface area contributed by atoms with E-state index in [-0.39, 0.29) is 26.2 Å². The maximum absolute atomic E-state index is 12.1. The van der Waals surface area contributed by atoms with Gasteiger partial charge >= 0.3 is 12.3 Å². The van der Waals surface area contributed by atoms with E-state index in [1.54, 1.807) is 18.2 Å². The fraction of sp³-hybridized carbons (Fsp3) is 0.438. The molecule has 1 aliphatic heterocycles. The van der Waals surface area contributed by atoms with Crippen molar-refractivity contribution in [3.8, 4) is 5.75 Å². The van der Waals surface area contributed by atoms with Crippen molar-refractivity contribution in [3.63, 3.8) is 0 Å².